The first-order valence-corrected chi connectivity index (χ1v) is 10.4. The molecule has 1 aliphatic rings. The number of hydrogen-bond donors (Lipinski definition) is 0. The summed E-state index contributed by atoms with van der Waals surface area (Å²) in [5.74, 6) is 0.570. The number of benzene rings is 1. The molecular weight excluding hydrogens is 382 g/mol. The van der Waals surface area contributed by atoms with Crippen LogP contribution in [0.3, 0.4) is 0 Å². The first-order valence-electron chi connectivity index (χ1n) is 10.0. The first-order chi connectivity index (χ1) is 14.2. The maximum atomic E-state index is 12.6. The van der Waals surface area contributed by atoms with Crippen LogP contribution in [-0.2, 0) is 17.6 Å². The number of rotatable bonds is 5. The van der Waals surface area contributed by atoms with Crippen LogP contribution in [0.5, 0.6) is 0 Å². The zero-order valence-corrected chi connectivity index (χ0v) is 17.1. The van der Waals surface area contributed by atoms with E-state index in [9.17, 15) is 4.79 Å². The third-order valence-corrected chi connectivity index (χ3v) is 5.87. The number of carbonyl (C=O) groups is 1. The van der Waals surface area contributed by atoms with Crippen molar-refractivity contribution in [3.05, 3.63) is 94.5 Å². The fourth-order valence-corrected chi connectivity index (χ4v) is 4.08. The molecule has 148 valence electrons. The Bertz CT molecular complexity index is 969. The molecule has 4 rings (SSSR count). The number of carbonyl (C=O) groups excluding carboxylic acids is 1. The first kappa shape index (κ1) is 19.6. The summed E-state index contributed by atoms with van der Waals surface area (Å²) in [6.45, 7) is 1.56. The molecule has 29 heavy (non-hydrogen) atoms. The van der Waals surface area contributed by atoms with Gasteiger partial charge in [0, 0.05) is 54.2 Å². The van der Waals surface area contributed by atoms with Gasteiger partial charge in [0.1, 0.15) is 0 Å². The lowest BCUT2D eigenvalue weighted by atomic mass is 9.92. The average Bonchev–Trinajstić information content (AvgIpc) is 2.76. The van der Waals surface area contributed by atoms with Gasteiger partial charge in [0.2, 0.25) is 5.91 Å². The summed E-state index contributed by atoms with van der Waals surface area (Å²) in [7, 11) is 0. The van der Waals surface area contributed by atoms with Gasteiger partial charge < -0.3 is 4.90 Å². The number of nitrogens with zero attached hydrogens (tertiary/aromatic N) is 3. The van der Waals surface area contributed by atoms with Gasteiger partial charge in [-0.3, -0.25) is 14.8 Å². The molecule has 0 atom stereocenters. The van der Waals surface area contributed by atoms with E-state index in [0.29, 0.717) is 12.3 Å². The van der Waals surface area contributed by atoms with Crippen molar-refractivity contribution < 1.29 is 4.79 Å². The number of halogens is 1. The Morgan fingerprint density at radius 1 is 1.03 bits per heavy atom. The summed E-state index contributed by atoms with van der Waals surface area (Å²) in [6.07, 6.45) is 6.54. The largest absolute Gasteiger partial charge is 0.342 e. The van der Waals surface area contributed by atoms with E-state index in [0.717, 1.165) is 59.9 Å². The molecule has 0 aliphatic carbocycles. The molecule has 2 aromatic heterocycles. The molecule has 3 heterocycles. The van der Waals surface area contributed by atoms with Crippen LogP contribution in [0.25, 0.3) is 0 Å². The summed E-state index contributed by atoms with van der Waals surface area (Å²) in [4.78, 5) is 23.5. The molecule has 0 radical (unpaired) electrons. The molecule has 0 saturated carbocycles. The Morgan fingerprint density at radius 3 is 2.62 bits per heavy atom. The second kappa shape index (κ2) is 9.19. The summed E-state index contributed by atoms with van der Waals surface area (Å²) in [6, 6.07) is 18.0. The highest BCUT2D eigenvalue weighted by Crippen LogP contribution is 2.28. The molecule has 1 fully saturated rings. The van der Waals surface area contributed by atoms with Crippen molar-refractivity contribution in [3.63, 3.8) is 0 Å². The Kier molecular flexibility index (Phi) is 6.20. The van der Waals surface area contributed by atoms with E-state index in [2.05, 4.69) is 23.2 Å². The number of hydrogen-bond acceptors (Lipinski definition) is 3. The van der Waals surface area contributed by atoms with E-state index < -0.39 is 0 Å². The minimum atomic E-state index is 0.178. The Morgan fingerprint density at radius 2 is 1.86 bits per heavy atom. The lowest BCUT2D eigenvalue weighted by Gasteiger charge is -2.32. The van der Waals surface area contributed by atoms with E-state index in [-0.39, 0.29) is 5.91 Å². The molecule has 0 unspecified atom stereocenters. The number of likely N-dealkylation sites (tertiary alicyclic amines) is 1. The van der Waals surface area contributed by atoms with Crippen molar-refractivity contribution in [2.24, 2.45) is 0 Å². The number of pyridine rings is 2. The number of aromatic nitrogens is 2. The van der Waals surface area contributed by atoms with Crippen LogP contribution in [0.2, 0.25) is 5.02 Å². The van der Waals surface area contributed by atoms with Crippen molar-refractivity contribution >= 4 is 17.5 Å². The van der Waals surface area contributed by atoms with Gasteiger partial charge in [0.05, 0.1) is 6.42 Å². The van der Waals surface area contributed by atoms with Gasteiger partial charge in [-0.15, -0.1) is 0 Å². The molecule has 1 aromatic carbocycles. The molecule has 0 N–H and O–H groups in total. The summed E-state index contributed by atoms with van der Waals surface area (Å²) in [5, 5.41) is 0.778. The van der Waals surface area contributed by atoms with Crippen molar-refractivity contribution in [2.45, 2.75) is 31.6 Å². The number of amides is 1. The standard InChI is InChI=1S/C24H24ClN3O/c25-22-8-2-1-6-20(22)16-21-7-3-9-23(27-21)19-10-13-28(14-11-19)24(29)15-18-5-4-12-26-17-18/h1-9,12,17,19H,10-11,13-16H2. The SMILES string of the molecule is O=C(Cc1cccnc1)N1CCC(c2cccc(Cc3ccccc3Cl)n2)CC1. The number of piperidine rings is 1. The predicted molar refractivity (Wildman–Crippen MR) is 115 cm³/mol. The van der Waals surface area contributed by atoms with Crippen LogP contribution in [0, 0.1) is 0 Å². The fraction of sp³-hybridized carbons (Fsp3) is 0.292. The average molecular weight is 406 g/mol. The third-order valence-electron chi connectivity index (χ3n) is 5.50. The minimum Gasteiger partial charge on any atom is -0.342 e. The van der Waals surface area contributed by atoms with Crippen LogP contribution >= 0.6 is 11.6 Å². The van der Waals surface area contributed by atoms with E-state index in [4.69, 9.17) is 16.6 Å². The van der Waals surface area contributed by atoms with Crippen LogP contribution < -0.4 is 0 Å². The molecule has 3 aromatic rings. The van der Waals surface area contributed by atoms with Gasteiger partial charge in [-0.05, 0) is 48.2 Å². The highest BCUT2D eigenvalue weighted by Gasteiger charge is 2.24. The third kappa shape index (κ3) is 5.01. The maximum Gasteiger partial charge on any atom is 0.227 e. The van der Waals surface area contributed by atoms with Crippen LogP contribution in [-0.4, -0.2) is 33.9 Å². The molecule has 1 amide bonds. The lowest BCUT2D eigenvalue weighted by molar-refractivity contribution is -0.131. The molecule has 1 aliphatic heterocycles. The van der Waals surface area contributed by atoms with Gasteiger partial charge in [-0.25, -0.2) is 0 Å². The smallest absolute Gasteiger partial charge is 0.227 e. The van der Waals surface area contributed by atoms with Gasteiger partial charge in [-0.1, -0.05) is 41.9 Å². The van der Waals surface area contributed by atoms with Crippen molar-refractivity contribution in [1.29, 1.82) is 0 Å². The van der Waals surface area contributed by atoms with Gasteiger partial charge >= 0.3 is 0 Å². The molecule has 5 heteroatoms. The van der Waals surface area contributed by atoms with Gasteiger partial charge in [0.15, 0.2) is 0 Å². The Labute approximate surface area is 176 Å². The topological polar surface area (TPSA) is 46.1 Å². The van der Waals surface area contributed by atoms with Crippen molar-refractivity contribution in [2.75, 3.05) is 13.1 Å². The highest BCUT2D eigenvalue weighted by atomic mass is 35.5. The highest BCUT2D eigenvalue weighted by molar-refractivity contribution is 6.31. The molecule has 0 bridgehead atoms. The summed E-state index contributed by atoms with van der Waals surface area (Å²) < 4.78 is 0. The lowest BCUT2D eigenvalue weighted by Crippen LogP contribution is -2.39. The van der Waals surface area contributed by atoms with Crippen molar-refractivity contribution in [3.8, 4) is 0 Å². The molecular formula is C24H24ClN3O. The van der Waals surface area contributed by atoms with Crippen LogP contribution in [0.1, 0.15) is 41.3 Å². The quantitative estimate of drug-likeness (QED) is 0.619. The second-order valence-electron chi connectivity index (χ2n) is 7.52. The summed E-state index contributed by atoms with van der Waals surface area (Å²) in [5.41, 5.74) is 4.21. The molecule has 1 saturated heterocycles. The Hall–Kier alpha value is -2.72. The second-order valence-corrected chi connectivity index (χ2v) is 7.92. The zero-order valence-electron chi connectivity index (χ0n) is 16.3. The maximum absolute atomic E-state index is 12.6. The monoisotopic (exact) mass is 405 g/mol. The van der Waals surface area contributed by atoms with Gasteiger partial charge in [0.25, 0.3) is 0 Å². The normalized spacial score (nSPS) is 14.7. The predicted octanol–water partition coefficient (Wildman–Crippen LogP) is 4.67. The minimum absolute atomic E-state index is 0.178. The fourth-order valence-electron chi connectivity index (χ4n) is 3.87. The van der Waals surface area contributed by atoms with Crippen LogP contribution in [0.15, 0.2) is 67.0 Å². The zero-order chi connectivity index (χ0) is 20.1. The van der Waals surface area contributed by atoms with E-state index in [1.807, 2.05) is 41.3 Å². The molecule has 0 spiro atoms. The van der Waals surface area contributed by atoms with E-state index >= 15 is 0 Å². The van der Waals surface area contributed by atoms with Crippen molar-refractivity contribution in [1.82, 2.24) is 14.9 Å². The summed E-state index contributed by atoms with van der Waals surface area (Å²) >= 11 is 6.30. The van der Waals surface area contributed by atoms with E-state index in [1.54, 1.807) is 12.4 Å². The molecule has 4 nitrogen and oxygen atoms in total. The van der Waals surface area contributed by atoms with E-state index in [1.165, 1.54) is 0 Å². The van der Waals surface area contributed by atoms with Crippen LogP contribution in [0.4, 0.5) is 0 Å². The Balaban J connectivity index is 1.36. The van der Waals surface area contributed by atoms with Gasteiger partial charge in [-0.2, -0.15) is 0 Å².